The molecule has 0 unspecified atom stereocenters. The van der Waals surface area contributed by atoms with Crippen LogP contribution in [0.3, 0.4) is 0 Å². The van der Waals surface area contributed by atoms with E-state index in [9.17, 15) is 14.9 Å². The molecule has 1 saturated heterocycles. The van der Waals surface area contributed by atoms with Crippen molar-refractivity contribution in [1.29, 1.82) is 0 Å². The maximum absolute atomic E-state index is 12.2. The molecule has 1 fully saturated rings. The Morgan fingerprint density at radius 3 is 2.45 bits per heavy atom. The van der Waals surface area contributed by atoms with Crippen LogP contribution in [0, 0.1) is 10.1 Å². The first kappa shape index (κ1) is 19.2. The van der Waals surface area contributed by atoms with Crippen molar-refractivity contribution in [3.8, 4) is 5.75 Å². The second kappa shape index (κ2) is 8.48. The van der Waals surface area contributed by atoms with Gasteiger partial charge in [0.25, 0.3) is 11.6 Å². The lowest BCUT2D eigenvalue weighted by atomic mass is 10.2. The number of thioether (sulfide) groups is 1. The van der Waals surface area contributed by atoms with Gasteiger partial charge < -0.3 is 9.64 Å². The predicted molar refractivity (Wildman–Crippen MR) is 113 cm³/mol. The average molecular weight is 409 g/mol. The number of non-ortho nitro benzene ring substituents is 1. The molecule has 2 aliphatic heterocycles. The van der Waals surface area contributed by atoms with Crippen LogP contribution in [-0.4, -0.2) is 34.0 Å². The zero-order chi connectivity index (χ0) is 20.2. The van der Waals surface area contributed by atoms with E-state index in [-0.39, 0.29) is 11.6 Å². The number of carbonyl (C=O) groups is 1. The van der Waals surface area contributed by atoms with Crippen LogP contribution >= 0.6 is 11.8 Å². The van der Waals surface area contributed by atoms with E-state index in [1.165, 1.54) is 23.9 Å². The van der Waals surface area contributed by atoms with Gasteiger partial charge in [0.2, 0.25) is 0 Å². The predicted octanol–water partition coefficient (Wildman–Crippen LogP) is 4.24. The second-order valence-corrected chi connectivity index (χ2v) is 7.79. The Morgan fingerprint density at radius 2 is 1.79 bits per heavy atom. The van der Waals surface area contributed by atoms with E-state index >= 15 is 0 Å². The molecule has 0 bridgehead atoms. The molecule has 2 aromatic rings. The highest BCUT2D eigenvalue weighted by molar-refractivity contribution is 8.18. The maximum atomic E-state index is 12.2. The quantitative estimate of drug-likeness (QED) is 0.417. The topological polar surface area (TPSA) is 85.0 Å². The third kappa shape index (κ3) is 4.65. The summed E-state index contributed by atoms with van der Waals surface area (Å²) in [5, 5.41) is 11.5. The molecule has 0 N–H and O–H groups in total. The second-order valence-electron chi connectivity index (χ2n) is 6.79. The number of ether oxygens (including phenoxy) is 1. The lowest BCUT2D eigenvalue weighted by molar-refractivity contribution is -0.384. The molecule has 4 rings (SSSR count). The van der Waals surface area contributed by atoms with Gasteiger partial charge in [-0.15, -0.1) is 0 Å². The first-order valence-corrected chi connectivity index (χ1v) is 10.1. The van der Waals surface area contributed by atoms with Crippen LogP contribution in [0.1, 0.15) is 24.0 Å². The monoisotopic (exact) mass is 409 g/mol. The lowest BCUT2D eigenvalue weighted by Gasteiger charge is -2.14. The Balaban J connectivity index is 1.35. The Morgan fingerprint density at radius 1 is 1.10 bits per heavy atom. The van der Waals surface area contributed by atoms with Gasteiger partial charge in [0.05, 0.1) is 9.83 Å². The van der Waals surface area contributed by atoms with Crippen molar-refractivity contribution in [2.45, 2.75) is 19.4 Å². The van der Waals surface area contributed by atoms with Crippen molar-refractivity contribution >= 4 is 34.6 Å². The minimum absolute atomic E-state index is 0.0577. The highest BCUT2D eigenvalue weighted by Crippen LogP contribution is 2.31. The van der Waals surface area contributed by atoms with Crippen molar-refractivity contribution in [3.05, 3.63) is 74.7 Å². The van der Waals surface area contributed by atoms with Crippen molar-refractivity contribution in [2.24, 2.45) is 4.99 Å². The number of nitrogens with zero attached hydrogens (tertiary/aromatic N) is 3. The van der Waals surface area contributed by atoms with E-state index in [1.54, 1.807) is 12.1 Å². The number of nitro groups is 1. The van der Waals surface area contributed by atoms with Crippen molar-refractivity contribution in [1.82, 2.24) is 4.90 Å². The Hall–Kier alpha value is -3.13. The molecule has 2 aromatic carbocycles. The summed E-state index contributed by atoms with van der Waals surface area (Å²) < 4.78 is 5.73. The van der Waals surface area contributed by atoms with Crippen molar-refractivity contribution in [2.75, 3.05) is 13.1 Å². The molecule has 0 spiro atoms. The molecule has 1 amide bonds. The molecule has 0 atom stereocenters. The van der Waals surface area contributed by atoms with Gasteiger partial charge in [0.15, 0.2) is 5.17 Å². The van der Waals surface area contributed by atoms with E-state index in [4.69, 9.17) is 4.74 Å². The van der Waals surface area contributed by atoms with Crippen LogP contribution in [0.5, 0.6) is 5.75 Å². The van der Waals surface area contributed by atoms with Crippen LogP contribution in [0.4, 0.5) is 5.69 Å². The summed E-state index contributed by atoms with van der Waals surface area (Å²) in [5.41, 5.74) is 1.81. The summed E-state index contributed by atoms with van der Waals surface area (Å²) in [7, 11) is 0. The SMILES string of the molecule is O=C1N=C(N2CCCC2)SC1=Cc1ccc(OCc2ccc([N+](=O)[O-])cc2)cc1. The van der Waals surface area contributed by atoms with Crippen LogP contribution in [0.2, 0.25) is 0 Å². The summed E-state index contributed by atoms with van der Waals surface area (Å²) in [4.78, 5) is 29.4. The standard InChI is InChI=1S/C21H19N3O4S/c25-20-19(29-21(22-20)23-11-1-2-12-23)13-15-5-9-18(10-6-15)28-14-16-3-7-17(8-4-16)24(26)27/h3-10,13H,1-2,11-12,14H2. The molecular weight excluding hydrogens is 390 g/mol. The fourth-order valence-electron chi connectivity index (χ4n) is 3.13. The first-order chi connectivity index (χ1) is 14.1. The number of likely N-dealkylation sites (tertiary alicyclic amines) is 1. The third-order valence-electron chi connectivity index (χ3n) is 4.72. The number of aliphatic imine (C=N–C) groups is 1. The van der Waals surface area contributed by atoms with Gasteiger partial charge in [-0.2, -0.15) is 4.99 Å². The minimum Gasteiger partial charge on any atom is -0.489 e. The van der Waals surface area contributed by atoms with E-state index in [1.807, 2.05) is 30.3 Å². The average Bonchev–Trinajstić information content (AvgIpc) is 3.38. The van der Waals surface area contributed by atoms with Gasteiger partial charge in [-0.3, -0.25) is 14.9 Å². The van der Waals surface area contributed by atoms with Crippen LogP contribution in [-0.2, 0) is 11.4 Å². The van der Waals surface area contributed by atoms with Crippen LogP contribution in [0.15, 0.2) is 58.4 Å². The van der Waals surface area contributed by atoms with Crippen LogP contribution < -0.4 is 4.74 Å². The Labute approximate surface area is 172 Å². The molecule has 2 heterocycles. The number of carbonyl (C=O) groups excluding carboxylic acids is 1. The molecule has 0 saturated carbocycles. The fourth-order valence-corrected chi connectivity index (χ4v) is 4.10. The van der Waals surface area contributed by atoms with Gasteiger partial charge in [0.1, 0.15) is 12.4 Å². The molecule has 0 aliphatic carbocycles. The number of hydrogen-bond acceptors (Lipinski definition) is 6. The Bertz CT molecular complexity index is 978. The fraction of sp³-hybridized carbons (Fsp3) is 0.238. The molecule has 0 aromatic heterocycles. The molecule has 29 heavy (non-hydrogen) atoms. The highest BCUT2D eigenvalue weighted by Gasteiger charge is 2.27. The molecular formula is C21H19N3O4S. The maximum Gasteiger partial charge on any atom is 0.286 e. The van der Waals surface area contributed by atoms with Crippen molar-refractivity contribution in [3.63, 3.8) is 0 Å². The van der Waals surface area contributed by atoms with E-state index in [0.29, 0.717) is 17.3 Å². The molecule has 148 valence electrons. The van der Waals surface area contributed by atoms with Gasteiger partial charge >= 0.3 is 0 Å². The molecule has 7 nitrogen and oxygen atoms in total. The first-order valence-electron chi connectivity index (χ1n) is 9.32. The zero-order valence-electron chi connectivity index (χ0n) is 15.6. The minimum atomic E-state index is -0.426. The third-order valence-corrected chi connectivity index (χ3v) is 5.76. The normalized spacial score (nSPS) is 17.7. The molecule has 2 aliphatic rings. The van der Waals surface area contributed by atoms with Crippen molar-refractivity contribution < 1.29 is 14.5 Å². The number of hydrogen-bond donors (Lipinski definition) is 0. The number of rotatable bonds is 5. The summed E-state index contributed by atoms with van der Waals surface area (Å²) in [6, 6.07) is 13.7. The van der Waals surface area contributed by atoms with E-state index in [0.717, 1.165) is 42.2 Å². The van der Waals surface area contributed by atoms with Crippen LogP contribution in [0.25, 0.3) is 6.08 Å². The van der Waals surface area contributed by atoms with Gasteiger partial charge in [0, 0.05) is 25.2 Å². The smallest absolute Gasteiger partial charge is 0.286 e. The van der Waals surface area contributed by atoms with Gasteiger partial charge in [-0.1, -0.05) is 12.1 Å². The summed E-state index contributed by atoms with van der Waals surface area (Å²) >= 11 is 1.43. The van der Waals surface area contributed by atoms with Gasteiger partial charge in [-0.05, 0) is 66.1 Å². The number of benzene rings is 2. The molecule has 0 radical (unpaired) electrons. The molecule has 8 heteroatoms. The summed E-state index contributed by atoms with van der Waals surface area (Å²) in [6.45, 7) is 2.25. The summed E-state index contributed by atoms with van der Waals surface area (Å²) in [5.74, 6) is 0.500. The number of amides is 1. The Kier molecular flexibility index (Phi) is 5.62. The van der Waals surface area contributed by atoms with E-state index in [2.05, 4.69) is 9.89 Å². The highest BCUT2D eigenvalue weighted by atomic mass is 32.2. The van der Waals surface area contributed by atoms with E-state index < -0.39 is 4.92 Å². The largest absolute Gasteiger partial charge is 0.489 e. The zero-order valence-corrected chi connectivity index (χ0v) is 16.4. The van der Waals surface area contributed by atoms with Gasteiger partial charge in [-0.25, -0.2) is 0 Å². The number of nitro benzene ring substituents is 1. The summed E-state index contributed by atoms with van der Waals surface area (Å²) in [6.07, 6.45) is 4.14. The lowest BCUT2D eigenvalue weighted by Crippen LogP contribution is -2.23. The number of amidine groups is 1.